The number of benzene rings is 6. The summed E-state index contributed by atoms with van der Waals surface area (Å²) in [5.74, 6) is -17.7. The van der Waals surface area contributed by atoms with Crippen LogP contribution >= 0.6 is 24.4 Å². The van der Waals surface area contributed by atoms with Gasteiger partial charge in [0.2, 0.25) is 88.6 Å². The van der Waals surface area contributed by atoms with E-state index in [-0.39, 0.29) is 93.9 Å². The zero-order valence-corrected chi connectivity index (χ0v) is 79.6. The molecule has 0 unspecified atom stereocenters. The topological polar surface area (TPSA) is 614 Å². The Morgan fingerprint density at radius 1 is 0.421 bits per heavy atom. The molecule has 0 radical (unpaired) electrons. The molecular weight excluding hydrogens is 1850 g/mol. The van der Waals surface area contributed by atoms with Gasteiger partial charge in [-0.15, -0.1) is 0 Å². The van der Waals surface area contributed by atoms with Gasteiger partial charge in [-0.3, -0.25) is 76.7 Å². The third-order valence-corrected chi connectivity index (χ3v) is 24.9. The number of nitrogens with one attached hydrogen (secondary N) is 16. The quantitative estimate of drug-likeness (QED) is 0.0192. The van der Waals surface area contributed by atoms with Gasteiger partial charge in [0, 0.05) is 138 Å². The van der Waals surface area contributed by atoms with Crippen molar-refractivity contribution in [2.45, 2.75) is 210 Å². The number of phenolic OH excluding ortho intramolecular Hbond substituents is 2. The molecule has 11 rings (SSSR count). The Morgan fingerprint density at radius 3 is 1.12 bits per heavy atom. The summed E-state index contributed by atoms with van der Waals surface area (Å²) in [7, 11) is 0. The van der Waals surface area contributed by atoms with Gasteiger partial charge in [0.15, 0.2) is 0 Å². The van der Waals surface area contributed by atoms with Gasteiger partial charge in [-0.1, -0.05) is 125 Å². The van der Waals surface area contributed by atoms with E-state index in [9.17, 15) is 63.9 Å². The van der Waals surface area contributed by atoms with Crippen LogP contribution in [0, 0.1) is 11.8 Å². The number of primary amides is 1. The SMILES string of the molecule is CC(=O)N(Cl)[C@@H](Cc1c[nH]c2ccccc12)C(=O)N[C@@H](Cc1c[nH]c2ccccc12)C(=O)N[C@@H](CC(C)C)C(=O)N[C@@H](CC(=O)O)C(=O)N1CCC[C@H]1C(=O)N[C@@H](Cc1ccc(O)cc1)C(=O)N[C@@H](Cc1c[nH]c2ccccc12)C(=O)N[C@@H](CC(C)C)C(=O)N[C@H](C(=O)N[C@@H](Cc1c[nH]c2ccccc12)C(=O)N[C@@H](Cc1ccc(O)cc1)C(=O)N[C@H](C(=O)N[C@@H](CS)C(=O)NCC(N)=O)[C@@H](C)O)[C@@H](C)O. The van der Waals surface area contributed by atoms with Crippen LogP contribution in [0.4, 0.5) is 0 Å². The monoisotopic (exact) mass is 1960 g/mol. The molecule has 42 heteroatoms. The maximum Gasteiger partial charge on any atom is 0.305 e. The summed E-state index contributed by atoms with van der Waals surface area (Å²) >= 11 is 10.8. The summed E-state index contributed by atoms with van der Waals surface area (Å²) in [4.78, 5) is 244. The number of hydrogen-bond donors (Lipinski definition) is 23. The molecule has 15 amide bonds. The van der Waals surface area contributed by atoms with Crippen molar-refractivity contribution in [2.24, 2.45) is 17.6 Å². The van der Waals surface area contributed by atoms with Crippen LogP contribution in [0.2, 0.25) is 0 Å². The number of H-pyrrole nitrogens is 4. The number of aliphatic carboxylic acids is 1. The first kappa shape index (κ1) is 106. The molecule has 5 heterocycles. The highest BCUT2D eigenvalue weighted by atomic mass is 35.5. The molecule has 23 N–H and O–H groups in total. The number of aliphatic hydroxyl groups is 2. The number of rotatable bonds is 48. The number of aromatic hydroxyl groups is 2. The van der Waals surface area contributed by atoms with Crippen LogP contribution in [0.3, 0.4) is 0 Å². The van der Waals surface area contributed by atoms with E-state index >= 15 is 38.4 Å². The number of aromatic nitrogens is 4. The van der Waals surface area contributed by atoms with Gasteiger partial charge in [-0.2, -0.15) is 12.6 Å². The largest absolute Gasteiger partial charge is 0.508 e. The first-order chi connectivity index (χ1) is 66.7. The van der Waals surface area contributed by atoms with E-state index in [4.69, 9.17) is 17.5 Å². The lowest BCUT2D eigenvalue weighted by Crippen LogP contribution is -2.63. The number of carboxylic acids is 1. The first-order valence-electron chi connectivity index (χ1n) is 45.8. The standard InChI is InChI=1S/C98H118ClN19O21S/c1-50(2)35-71(106-90(131)76(40-58-45-102-68-22-13-9-18-64(58)68)111-95(136)81(118(99)54(7)121)42-60-47-104-70-24-15-11-20-66(60)70)87(128)113-78(43-83(125)126)98(139)117-34-16-25-80(117)94(135)110-73(37-55-26-30-61(122)31-27-55)88(129)109-75(39-57-44-101-67-21-12-8-17-63(57)67)89(130)107-72(36-51(3)4)92(133)115-84(52(5)119)96(137)112-77(41-59-46-103-69-23-14-10-19-65(59)69)91(132)108-74(38-56-28-32-62(123)33-29-56)93(134)116-85(53(6)120)97(138)114-79(49-140)86(127)105-48-82(100)124/h8-15,17-24,26-33,44-47,50-53,71-81,84-85,101-104,119-120,122-123,140H,16,25,34-43,48-49H2,1-7H3,(H2,100,124)(H,105,127)(H,106,131)(H,107,130)(H,108,132)(H,109,129)(H,110,135)(H,111,136)(H,112,137)(H,113,128)(H,114,138)(H,115,133)(H,116,134)(H,125,126)/t52-,53-,71+,72+,73+,74+,75+,76+,77+,78+,79+,80+,81+,84+,85+/m1/s1. The van der Waals surface area contributed by atoms with Crippen LogP contribution in [0.25, 0.3) is 43.6 Å². The number of carbonyl (C=O) groups excluding carboxylic acids is 15. The number of phenols is 2. The number of aromatic amines is 4. The highest BCUT2D eigenvalue weighted by Crippen LogP contribution is 2.29. The van der Waals surface area contributed by atoms with Gasteiger partial charge in [-0.05, 0) is 133 Å². The lowest BCUT2D eigenvalue weighted by atomic mass is 9.99. The van der Waals surface area contributed by atoms with Gasteiger partial charge in [0.25, 0.3) is 0 Å². The average Bonchev–Trinajstić information content (AvgIpc) is 1.58. The van der Waals surface area contributed by atoms with E-state index in [2.05, 4.69) is 96.4 Å². The van der Waals surface area contributed by atoms with Crippen LogP contribution in [-0.4, -0.2) is 259 Å². The van der Waals surface area contributed by atoms with Crippen molar-refractivity contribution in [3.05, 3.63) is 204 Å². The van der Waals surface area contributed by atoms with E-state index in [1.807, 2.05) is 18.2 Å². The molecule has 1 fully saturated rings. The van der Waals surface area contributed by atoms with Gasteiger partial charge < -0.3 is 120 Å². The zero-order chi connectivity index (χ0) is 101. The normalized spacial score (nSPS) is 15.6. The molecule has 6 aromatic carbocycles. The summed E-state index contributed by atoms with van der Waals surface area (Å²) in [5.41, 5.74) is 10.7. The molecule has 1 aliphatic heterocycles. The molecule has 40 nitrogen and oxygen atoms in total. The number of thiol groups is 1. The first-order valence-corrected chi connectivity index (χ1v) is 46.8. The maximum absolute atomic E-state index is 15.5. The Hall–Kier alpha value is -14.8. The number of halogens is 1. The van der Waals surface area contributed by atoms with Crippen LogP contribution in [0.1, 0.15) is 114 Å². The maximum atomic E-state index is 15.5. The Kier molecular flexibility index (Phi) is 36.9. The summed E-state index contributed by atoms with van der Waals surface area (Å²) in [5, 5.41) is 87.6. The zero-order valence-electron chi connectivity index (χ0n) is 77.9. The summed E-state index contributed by atoms with van der Waals surface area (Å²) in [6.45, 7) is 9.63. The number of carboxylic acid groups (broad SMARTS) is 1. The summed E-state index contributed by atoms with van der Waals surface area (Å²) in [6.07, 6.45) is 0.159. The van der Waals surface area contributed by atoms with E-state index in [0.717, 1.165) is 34.1 Å². The smallest absolute Gasteiger partial charge is 0.305 e. The fraction of sp³-hybridized carbons (Fsp3) is 0.388. The Balaban J connectivity index is 0.827. The summed E-state index contributed by atoms with van der Waals surface area (Å²) in [6, 6.07) is 18.2. The highest BCUT2D eigenvalue weighted by Gasteiger charge is 2.44. The van der Waals surface area contributed by atoms with Gasteiger partial charge in [0.05, 0.1) is 25.2 Å². The van der Waals surface area contributed by atoms with E-state index in [1.54, 1.807) is 131 Å². The lowest BCUT2D eigenvalue weighted by molar-refractivity contribution is -0.146. The third kappa shape index (κ3) is 28.5. The molecule has 744 valence electrons. The van der Waals surface area contributed by atoms with Crippen LogP contribution in [0.15, 0.2) is 170 Å². The molecule has 0 saturated carbocycles. The number of likely N-dealkylation sites (tertiary alicyclic amines) is 1. The second kappa shape index (κ2) is 48.9. The van der Waals surface area contributed by atoms with Crippen molar-refractivity contribution in [3.8, 4) is 11.5 Å². The van der Waals surface area contributed by atoms with Gasteiger partial charge in [-0.25, -0.2) is 4.42 Å². The predicted molar refractivity (Wildman–Crippen MR) is 520 cm³/mol. The molecule has 0 bridgehead atoms. The number of amides is 15. The van der Waals surface area contributed by atoms with Gasteiger partial charge in [0.1, 0.15) is 90.0 Å². The molecule has 4 aromatic heterocycles. The van der Waals surface area contributed by atoms with Crippen molar-refractivity contribution in [1.29, 1.82) is 0 Å². The van der Waals surface area contributed by atoms with Crippen molar-refractivity contribution >= 4 is 163 Å². The molecule has 10 aromatic rings. The molecule has 15 atom stereocenters. The second-order valence-corrected chi connectivity index (χ2v) is 36.5. The number of nitrogens with zero attached hydrogens (tertiary/aromatic N) is 2. The van der Waals surface area contributed by atoms with Crippen LogP contribution < -0.4 is 69.5 Å². The third-order valence-electron chi connectivity index (χ3n) is 24.1. The number of carbonyl (C=O) groups is 16. The van der Waals surface area contributed by atoms with Crippen molar-refractivity contribution in [1.82, 2.24) is 93.1 Å². The minimum Gasteiger partial charge on any atom is -0.508 e. The molecular formula is C98H118ClN19O21S. The average molecular weight is 1970 g/mol. The molecule has 140 heavy (non-hydrogen) atoms. The lowest BCUT2D eigenvalue weighted by Gasteiger charge is -2.31. The molecule has 0 spiro atoms. The van der Waals surface area contributed by atoms with E-state index in [0.29, 0.717) is 66.1 Å². The molecule has 1 aliphatic rings. The number of para-hydroxylation sites is 4. The number of aliphatic hydroxyl groups excluding tert-OH is 2. The van der Waals surface area contributed by atoms with Crippen LogP contribution in [0.5, 0.6) is 11.5 Å². The predicted octanol–water partition coefficient (Wildman–Crippen LogP) is 2.33. The number of hydrogen-bond acceptors (Lipinski definition) is 21. The van der Waals surface area contributed by atoms with E-state index < -0.39 is 204 Å². The fourth-order valence-electron chi connectivity index (χ4n) is 16.9. The molecule has 0 aliphatic carbocycles. The molecule has 1 saturated heterocycles. The summed E-state index contributed by atoms with van der Waals surface area (Å²) < 4.78 is 0.734. The van der Waals surface area contributed by atoms with Crippen LogP contribution in [-0.2, 0) is 115 Å². The van der Waals surface area contributed by atoms with E-state index in [1.165, 1.54) is 55.5 Å². The van der Waals surface area contributed by atoms with Crippen molar-refractivity contribution in [3.63, 3.8) is 0 Å². The van der Waals surface area contributed by atoms with Crippen molar-refractivity contribution in [2.75, 3.05) is 18.8 Å². The number of nitrogens with two attached hydrogens (primary N) is 1. The number of fused-ring (bicyclic) bond motifs is 4. The Morgan fingerprint density at radius 2 is 0.750 bits per heavy atom. The van der Waals surface area contributed by atoms with Gasteiger partial charge >= 0.3 is 5.97 Å². The minimum absolute atomic E-state index is 0.0669. The Labute approximate surface area is 815 Å². The highest BCUT2D eigenvalue weighted by molar-refractivity contribution is 7.80. The van der Waals surface area contributed by atoms with Crippen molar-refractivity contribution < 1.29 is 102 Å². The minimum atomic E-state index is -1.94. The second-order valence-electron chi connectivity index (χ2n) is 35.8. The Bertz CT molecular complexity index is 6160. The fourth-order valence-corrected chi connectivity index (χ4v) is 17.3.